The molecule has 1 aliphatic rings. The van der Waals surface area contributed by atoms with E-state index in [9.17, 15) is 8.78 Å². The summed E-state index contributed by atoms with van der Waals surface area (Å²) in [5, 5.41) is 3.34. The van der Waals surface area contributed by atoms with Crippen LogP contribution in [-0.4, -0.2) is 47.6 Å². The molecule has 110 valence electrons. The minimum absolute atomic E-state index is 0.215. The van der Waals surface area contributed by atoms with Gasteiger partial charge in [0.2, 0.25) is 0 Å². The lowest BCUT2D eigenvalue weighted by molar-refractivity contribution is 0.184. The first-order valence-electron chi connectivity index (χ1n) is 6.83. The molecule has 1 N–H and O–H groups in total. The van der Waals surface area contributed by atoms with Gasteiger partial charge in [0.1, 0.15) is 11.6 Å². The second-order valence-corrected chi connectivity index (χ2v) is 5.27. The molecule has 2 rings (SSSR count). The molecule has 0 radical (unpaired) electrons. The Balaban J connectivity index is 1.89. The quantitative estimate of drug-likeness (QED) is 0.865. The van der Waals surface area contributed by atoms with Crippen molar-refractivity contribution in [1.82, 2.24) is 9.80 Å². The van der Waals surface area contributed by atoms with Gasteiger partial charge in [-0.05, 0) is 37.3 Å². The van der Waals surface area contributed by atoms with Crippen molar-refractivity contribution in [3.63, 3.8) is 0 Å². The highest BCUT2D eigenvalue weighted by atomic mass is 32.1. The van der Waals surface area contributed by atoms with Crippen molar-refractivity contribution >= 4 is 23.0 Å². The fourth-order valence-electron chi connectivity index (χ4n) is 2.28. The SMILES string of the molecule is CCCN1CCN(C(=S)Nc2ccc(F)cc2F)CC1. The molecule has 6 heteroatoms. The number of rotatable bonds is 3. The fraction of sp³-hybridized carbons (Fsp3) is 0.500. The molecular weight excluding hydrogens is 280 g/mol. The first kappa shape index (κ1) is 15.1. The van der Waals surface area contributed by atoms with Gasteiger partial charge in [-0.25, -0.2) is 8.78 Å². The number of benzene rings is 1. The molecule has 0 saturated carbocycles. The zero-order chi connectivity index (χ0) is 14.5. The predicted octanol–water partition coefficient (Wildman–Crippen LogP) is 2.69. The molecule has 0 spiro atoms. The van der Waals surface area contributed by atoms with E-state index < -0.39 is 11.6 Å². The molecule has 1 heterocycles. The van der Waals surface area contributed by atoms with Crippen LogP contribution in [-0.2, 0) is 0 Å². The molecule has 0 aromatic heterocycles. The minimum atomic E-state index is -0.628. The van der Waals surface area contributed by atoms with Gasteiger partial charge in [0, 0.05) is 32.2 Å². The zero-order valence-corrected chi connectivity index (χ0v) is 12.3. The average molecular weight is 299 g/mol. The van der Waals surface area contributed by atoms with Gasteiger partial charge < -0.3 is 10.2 Å². The summed E-state index contributed by atoms with van der Waals surface area (Å²) >= 11 is 5.29. The van der Waals surface area contributed by atoms with Crippen molar-refractivity contribution in [3.05, 3.63) is 29.8 Å². The van der Waals surface area contributed by atoms with Crippen molar-refractivity contribution in [3.8, 4) is 0 Å². The van der Waals surface area contributed by atoms with Gasteiger partial charge in [-0.15, -0.1) is 0 Å². The summed E-state index contributed by atoms with van der Waals surface area (Å²) in [5.41, 5.74) is 0.215. The lowest BCUT2D eigenvalue weighted by Crippen LogP contribution is -2.50. The average Bonchev–Trinajstić information content (AvgIpc) is 2.43. The van der Waals surface area contributed by atoms with Crippen LogP contribution in [0.1, 0.15) is 13.3 Å². The summed E-state index contributed by atoms with van der Waals surface area (Å²) in [5.74, 6) is -1.22. The van der Waals surface area contributed by atoms with Crippen molar-refractivity contribution < 1.29 is 8.78 Å². The standard InChI is InChI=1S/C14H19F2N3S/c1-2-5-18-6-8-19(9-7-18)14(20)17-13-4-3-11(15)10-12(13)16/h3-4,10H,2,5-9H2,1H3,(H,17,20). The topological polar surface area (TPSA) is 18.5 Å². The second kappa shape index (κ2) is 6.95. The monoisotopic (exact) mass is 299 g/mol. The lowest BCUT2D eigenvalue weighted by atomic mass is 10.3. The maximum atomic E-state index is 13.6. The summed E-state index contributed by atoms with van der Waals surface area (Å²) < 4.78 is 26.4. The molecule has 0 bridgehead atoms. The van der Waals surface area contributed by atoms with E-state index in [1.807, 2.05) is 4.90 Å². The van der Waals surface area contributed by atoms with Crippen molar-refractivity contribution in [1.29, 1.82) is 0 Å². The van der Waals surface area contributed by atoms with E-state index in [0.717, 1.165) is 45.2 Å². The molecule has 0 amide bonds. The maximum Gasteiger partial charge on any atom is 0.173 e. The lowest BCUT2D eigenvalue weighted by Gasteiger charge is -2.36. The molecule has 1 fully saturated rings. The van der Waals surface area contributed by atoms with Gasteiger partial charge in [0.15, 0.2) is 5.11 Å². The third kappa shape index (κ3) is 3.86. The first-order chi connectivity index (χ1) is 9.60. The minimum Gasteiger partial charge on any atom is -0.346 e. The van der Waals surface area contributed by atoms with Gasteiger partial charge >= 0.3 is 0 Å². The number of hydrogen-bond donors (Lipinski definition) is 1. The van der Waals surface area contributed by atoms with Crippen molar-refractivity contribution in [2.24, 2.45) is 0 Å². The predicted molar refractivity (Wildman–Crippen MR) is 80.9 cm³/mol. The third-order valence-electron chi connectivity index (χ3n) is 3.37. The molecule has 1 aromatic rings. The van der Waals surface area contributed by atoms with E-state index >= 15 is 0 Å². The van der Waals surface area contributed by atoms with Crippen LogP contribution in [0, 0.1) is 11.6 Å². The number of anilines is 1. The number of nitrogens with one attached hydrogen (secondary N) is 1. The maximum absolute atomic E-state index is 13.6. The molecule has 3 nitrogen and oxygen atoms in total. The first-order valence-corrected chi connectivity index (χ1v) is 7.24. The second-order valence-electron chi connectivity index (χ2n) is 4.88. The number of piperazine rings is 1. The van der Waals surface area contributed by atoms with E-state index in [4.69, 9.17) is 12.2 Å². The summed E-state index contributed by atoms with van der Waals surface area (Å²) in [6.45, 7) is 6.84. The van der Waals surface area contributed by atoms with Crippen LogP contribution in [0.5, 0.6) is 0 Å². The van der Waals surface area contributed by atoms with Gasteiger partial charge in [0.25, 0.3) is 0 Å². The Bertz CT molecular complexity index is 473. The third-order valence-corrected chi connectivity index (χ3v) is 3.73. The highest BCUT2D eigenvalue weighted by Gasteiger charge is 2.18. The molecule has 0 unspecified atom stereocenters. The summed E-state index contributed by atoms with van der Waals surface area (Å²) in [4.78, 5) is 4.40. The number of halogens is 2. The van der Waals surface area contributed by atoms with Crippen LogP contribution in [0.4, 0.5) is 14.5 Å². The molecular formula is C14H19F2N3S. The van der Waals surface area contributed by atoms with Crippen LogP contribution in [0.25, 0.3) is 0 Å². The summed E-state index contributed by atoms with van der Waals surface area (Å²) in [6.07, 6.45) is 1.14. The Kier molecular flexibility index (Phi) is 5.25. The zero-order valence-electron chi connectivity index (χ0n) is 11.5. The van der Waals surface area contributed by atoms with E-state index in [0.29, 0.717) is 5.11 Å². The molecule has 1 aliphatic heterocycles. The Morgan fingerprint density at radius 2 is 1.95 bits per heavy atom. The van der Waals surface area contributed by atoms with Gasteiger partial charge in [0.05, 0.1) is 5.69 Å². The van der Waals surface area contributed by atoms with E-state index in [-0.39, 0.29) is 5.69 Å². The van der Waals surface area contributed by atoms with Gasteiger partial charge in [-0.2, -0.15) is 0 Å². The Hall–Kier alpha value is -1.27. The Morgan fingerprint density at radius 1 is 1.25 bits per heavy atom. The molecule has 1 aromatic carbocycles. The fourth-order valence-corrected chi connectivity index (χ4v) is 2.57. The van der Waals surface area contributed by atoms with E-state index in [1.165, 1.54) is 12.1 Å². The van der Waals surface area contributed by atoms with Gasteiger partial charge in [-0.1, -0.05) is 6.92 Å². The highest BCUT2D eigenvalue weighted by molar-refractivity contribution is 7.80. The Labute approximate surface area is 123 Å². The molecule has 1 saturated heterocycles. The normalized spacial score (nSPS) is 16.2. The molecule has 0 aliphatic carbocycles. The van der Waals surface area contributed by atoms with E-state index in [1.54, 1.807) is 0 Å². The van der Waals surface area contributed by atoms with E-state index in [2.05, 4.69) is 17.1 Å². The smallest absolute Gasteiger partial charge is 0.173 e. The summed E-state index contributed by atoms with van der Waals surface area (Å²) in [7, 11) is 0. The number of nitrogens with zero attached hydrogens (tertiary/aromatic N) is 2. The van der Waals surface area contributed by atoms with Crippen LogP contribution in [0.15, 0.2) is 18.2 Å². The largest absolute Gasteiger partial charge is 0.346 e. The van der Waals surface area contributed by atoms with Crippen molar-refractivity contribution in [2.45, 2.75) is 13.3 Å². The number of hydrogen-bond acceptors (Lipinski definition) is 2. The molecule has 20 heavy (non-hydrogen) atoms. The molecule has 0 atom stereocenters. The highest BCUT2D eigenvalue weighted by Crippen LogP contribution is 2.16. The van der Waals surface area contributed by atoms with Crippen molar-refractivity contribution in [2.75, 3.05) is 38.0 Å². The Morgan fingerprint density at radius 3 is 2.55 bits per heavy atom. The van der Waals surface area contributed by atoms with Crippen LogP contribution < -0.4 is 5.32 Å². The van der Waals surface area contributed by atoms with Gasteiger partial charge in [-0.3, -0.25) is 4.90 Å². The number of thiocarbonyl (C=S) groups is 1. The summed E-state index contributed by atoms with van der Waals surface area (Å²) in [6, 6.07) is 3.43. The van der Waals surface area contributed by atoms with Crippen LogP contribution in [0.2, 0.25) is 0 Å². The van der Waals surface area contributed by atoms with Crippen LogP contribution >= 0.6 is 12.2 Å². The van der Waals surface area contributed by atoms with Crippen LogP contribution in [0.3, 0.4) is 0 Å².